The average Bonchev–Trinajstić information content (AvgIpc) is 2.74. The molecule has 158 valence electrons. The molecular formula is C22H15Cl4N3O2. The van der Waals surface area contributed by atoms with Crippen LogP contribution >= 0.6 is 46.4 Å². The summed E-state index contributed by atoms with van der Waals surface area (Å²) in [5, 5.41) is 8.24. The number of rotatable bonds is 5. The van der Waals surface area contributed by atoms with E-state index < -0.39 is 5.91 Å². The van der Waals surface area contributed by atoms with Gasteiger partial charge in [0.25, 0.3) is 11.8 Å². The Hall–Kier alpha value is -2.57. The lowest BCUT2D eigenvalue weighted by molar-refractivity contribution is 0.0954. The van der Waals surface area contributed by atoms with Gasteiger partial charge in [0.15, 0.2) is 0 Å². The first kappa shape index (κ1) is 23.1. The third-order valence-electron chi connectivity index (χ3n) is 4.24. The molecule has 0 spiro atoms. The lowest BCUT2D eigenvalue weighted by Crippen LogP contribution is -2.19. The maximum atomic E-state index is 12.4. The van der Waals surface area contributed by atoms with Crippen LogP contribution in [0.25, 0.3) is 0 Å². The Bertz CT molecular complexity index is 1180. The second kappa shape index (κ2) is 10.2. The number of amides is 2. The Kier molecular flexibility index (Phi) is 7.57. The van der Waals surface area contributed by atoms with Crippen LogP contribution < -0.4 is 10.7 Å². The molecule has 0 saturated carbocycles. The van der Waals surface area contributed by atoms with Crippen LogP contribution in [0.4, 0.5) is 5.69 Å². The highest BCUT2D eigenvalue weighted by atomic mass is 35.5. The topological polar surface area (TPSA) is 70.6 Å². The van der Waals surface area contributed by atoms with Crippen molar-refractivity contribution in [1.82, 2.24) is 5.43 Å². The zero-order valence-electron chi connectivity index (χ0n) is 16.0. The van der Waals surface area contributed by atoms with Crippen molar-refractivity contribution in [3.05, 3.63) is 97.4 Å². The van der Waals surface area contributed by atoms with Gasteiger partial charge in [-0.15, -0.1) is 0 Å². The number of nitrogens with zero attached hydrogens (tertiary/aromatic N) is 1. The molecule has 0 unspecified atom stereocenters. The molecule has 3 aromatic carbocycles. The van der Waals surface area contributed by atoms with E-state index in [0.29, 0.717) is 32.6 Å². The number of hydrogen-bond donors (Lipinski definition) is 2. The zero-order chi connectivity index (χ0) is 22.5. The fourth-order valence-corrected chi connectivity index (χ4v) is 3.36. The molecular weight excluding hydrogens is 480 g/mol. The van der Waals surface area contributed by atoms with Gasteiger partial charge in [-0.1, -0.05) is 58.5 Å². The van der Waals surface area contributed by atoms with Crippen molar-refractivity contribution in [1.29, 1.82) is 0 Å². The van der Waals surface area contributed by atoms with Crippen LogP contribution in [0.15, 0.2) is 65.8 Å². The first-order chi connectivity index (χ1) is 14.7. The SMILES string of the molecule is CC(=NNC(=O)c1ccc(Cl)c(Cl)c1)c1ccc(NC(=O)c2ccc(Cl)cc2Cl)cc1. The van der Waals surface area contributed by atoms with E-state index in [-0.39, 0.29) is 16.0 Å². The van der Waals surface area contributed by atoms with Gasteiger partial charge in [-0.25, -0.2) is 5.43 Å². The normalized spacial score (nSPS) is 11.2. The molecule has 0 radical (unpaired) electrons. The summed E-state index contributed by atoms with van der Waals surface area (Å²) in [4.78, 5) is 24.6. The van der Waals surface area contributed by atoms with Crippen LogP contribution in [0.1, 0.15) is 33.2 Å². The smallest absolute Gasteiger partial charge is 0.271 e. The van der Waals surface area contributed by atoms with Crippen molar-refractivity contribution < 1.29 is 9.59 Å². The van der Waals surface area contributed by atoms with E-state index in [0.717, 1.165) is 5.56 Å². The van der Waals surface area contributed by atoms with Gasteiger partial charge in [0.1, 0.15) is 0 Å². The molecule has 0 bridgehead atoms. The lowest BCUT2D eigenvalue weighted by Gasteiger charge is -2.08. The molecule has 0 atom stereocenters. The van der Waals surface area contributed by atoms with Gasteiger partial charge in [0.05, 0.1) is 26.3 Å². The zero-order valence-corrected chi connectivity index (χ0v) is 19.1. The average molecular weight is 495 g/mol. The van der Waals surface area contributed by atoms with E-state index in [4.69, 9.17) is 46.4 Å². The Morgan fingerprint density at radius 3 is 2.06 bits per heavy atom. The van der Waals surface area contributed by atoms with Crippen molar-refractivity contribution in [3.63, 3.8) is 0 Å². The Morgan fingerprint density at radius 1 is 0.742 bits per heavy atom. The van der Waals surface area contributed by atoms with Crippen LogP contribution in [0.5, 0.6) is 0 Å². The maximum absolute atomic E-state index is 12.4. The number of halogens is 4. The Morgan fingerprint density at radius 2 is 1.42 bits per heavy atom. The van der Waals surface area contributed by atoms with E-state index in [9.17, 15) is 9.59 Å². The van der Waals surface area contributed by atoms with Gasteiger partial charge < -0.3 is 5.32 Å². The molecule has 0 aromatic heterocycles. The third kappa shape index (κ3) is 5.99. The number of hydrazone groups is 1. The van der Waals surface area contributed by atoms with Crippen LogP contribution in [-0.2, 0) is 0 Å². The minimum Gasteiger partial charge on any atom is -0.322 e. The first-order valence-corrected chi connectivity index (χ1v) is 10.4. The fourth-order valence-electron chi connectivity index (χ4n) is 2.57. The minimum atomic E-state index is -0.415. The van der Waals surface area contributed by atoms with Crippen molar-refractivity contribution in [2.75, 3.05) is 5.32 Å². The summed E-state index contributed by atoms with van der Waals surface area (Å²) in [6.07, 6.45) is 0. The van der Waals surface area contributed by atoms with Crippen LogP contribution in [0.3, 0.4) is 0 Å². The van der Waals surface area contributed by atoms with Crippen molar-refractivity contribution in [3.8, 4) is 0 Å². The molecule has 2 N–H and O–H groups in total. The van der Waals surface area contributed by atoms with Crippen LogP contribution in [0, 0.1) is 0 Å². The summed E-state index contributed by atoms with van der Waals surface area (Å²) in [5.74, 6) is -0.768. The van der Waals surface area contributed by atoms with Gasteiger partial charge in [-0.2, -0.15) is 5.10 Å². The summed E-state index contributed by atoms with van der Waals surface area (Å²) >= 11 is 23.7. The molecule has 0 fully saturated rings. The van der Waals surface area contributed by atoms with E-state index in [1.807, 2.05) is 0 Å². The van der Waals surface area contributed by atoms with Gasteiger partial charge in [-0.05, 0) is 61.0 Å². The third-order valence-corrected chi connectivity index (χ3v) is 5.53. The Labute approximate surface area is 199 Å². The first-order valence-electron chi connectivity index (χ1n) is 8.91. The summed E-state index contributed by atoms with van der Waals surface area (Å²) in [6, 6.07) is 16.2. The van der Waals surface area contributed by atoms with E-state index in [1.165, 1.54) is 12.1 Å². The van der Waals surface area contributed by atoms with E-state index in [1.54, 1.807) is 55.5 Å². The summed E-state index contributed by atoms with van der Waals surface area (Å²) in [7, 11) is 0. The monoisotopic (exact) mass is 493 g/mol. The van der Waals surface area contributed by atoms with Crippen molar-refractivity contribution in [2.24, 2.45) is 5.10 Å². The van der Waals surface area contributed by atoms with Gasteiger partial charge >= 0.3 is 0 Å². The van der Waals surface area contributed by atoms with Crippen LogP contribution in [0.2, 0.25) is 20.1 Å². The predicted octanol–water partition coefficient (Wildman–Crippen LogP) is 6.71. The number of hydrogen-bond acceptors (Lipinski definition) is 3. The van der Waals surface area contributed by atoms with Crippen LogP contribution in [-0.4, -0.2) is 17.5 Å². The molecule has 31 heavy (non-hydrogen) atoms. The van der Waals surface area contributed by atoms with Gasteiger partial charge in [0.2, 0.25) is 0 Å². The second-order valence-corrected chi connectivity index (χ2v) is 8.08. The summed E-state index contributed by atoms with van der Waals surface area (Å²) in [5.41, 5.74) is 5.04. The molecule has 5 nitrogen and oxygen atoms in total. The maximum Gasteiger partial charge on any atom is 0.271 e. The fraction of sp³-hybridized carbons (Fsp3) is 0.0455. The highest BCUT2D eigenvalue weighted by molar-refractivity contribution is 6.42. The van der Waals surface area contributed by atoms with E-state index >= 15 is 0 Å². The van der Waals surface area contributed by atoms with Crippen molar-refractivity contribution >= 4 is 69.6 Å². The molecule has 2 amide bonds. The molecule has 0 aliphatic rings. The molecule has 3 aromatic rings. The minimum absolute atomic E-state index is 0.266. The number of benzene rings is 3. The van der Waals surface area contributed by atoms with Crippen molar-refractivity contribution in [2.45, 2.75) is 6.92 Å². The highest BCUT2D eigenvalue weighted by Gasteiger charge is 2.11. The largest absolute Gasteiger partial charge is 0.322 e. The number of nitrogens with one attached hydrogen (secondary N) is 2. The number of anilines is 1. The predicted molar refractivity (Wildman–Crippen MR) is 127 cm³/mol. The van der Waals surface area contributed by atoms with Gasteiger partial charge in [0, 0.05) is 16.3 Å². The summed E-state index contributed by atoms with van der Waals surface area (Å²) < 4.78 is 0. The van der Waals surface area contributed by atoms with Gasteiger partial charge in [-0.3, -0.25) is 9.59 Å². The second-order valence-electron chi connectivity index (χ2n) is 6.42. The number of carbonyl (C=O) groups is 2. The molecule has 0 aliphatic heterocycles. The Balaban J connectivity index is 1.65. The standard InChI is InChI=1S/C22H15Cl4N3O2/c1-12(28-29-21(30)14-4-9-18(24)20(26)10-14)13-2-6-16(7-3-13)27-22(31)17-8-5-15(23)11-19(17)25/h2-11H,1H3,(H,27,31)(H,29,30). The highest BCUT2D eigenvalue weighted by Crippen LogP contribution is 2.23. The lowest BCUT2D eigenvalue weighted by atomic mass is 10.1. The number of carbonyl (C=O) groups excluding carboxylic acids is 2. The molecule has 3 rings (SSSR count). The molecule has 9 heteroatoms. The molecule has 0 heterocycles. The van der Waals surface area contributed by atoms with E-state index in [2.05, 4.69) is 15.8 Å². The molecule has 0 saturated heterocycles. The quantitative estimate of drug-likeness (QED) is 0.305. The summed E-state index contributed by atoms with van der Waals surface area (Å²) in [6.45, 7) is 1.75. The molecule has 0 aliphatic carbocycles.